The summed E-state index contributed by atoms with van der Waals surface area (Å²) < 4.78 is 42.3. The molecule has 1 N–H and O–H groups in total. The summed E-state index contributed by atoms with van der Waals surface area (Å²) in [6.45, 7) is -0.472. The number of ether oxygens (including phenoxy) is 1. The Hall–Kier alpha value is -2.25. The van der Waals surface area contributed by atoms with Gasteiger partial charge in [0.25, 0.3) is 5.91 Å². The topological polar surface area (TPSA) is 66.8 Å². The van der Waals surface area contributed by atoms with E-state index in [4.69, 9.17) is 9.84 Å². The van der Waals surface area contributed by atoms with Crippen LogP contribution in [0.4, 0.5) is 13.2 Å². The van der Waals surface area contributed by atoms with Gasteiger partial charge >= 0.3 is 12.1 Å². The highest BCUT2D eigenvalue weighted by Crippen LogP contribution is 2.19. The van der Waals surface area contributed by atoms with Crippen molar-refractivity contribution in [3.63, 3.8) is 0 Å². The Kier molecular flexibility index (Phi) is 5.57. The average Bonchev–Trinajstić information content (AvgIpc) is 2.36. The molecule has 0 spiro atoms. The van der Waals surface area contributed by atoms with Crippen molar-refractivity contribution >= 4 is 11.9 Å². The summed E-state index contributed by atoms with van der Waals surface area (Å²) >= 11 is 0. The Morgan fingerprint density at radius 1 is 1.24 bits per heavy atom. The van der Waals surface area contributed by atoms with E-state index in [0.29, 0.717) is 12.4 Å². The van der Waals surface area contributed by atoms with Gasteiger partial charge in [-0.15, -0.1) is 0 Å². The molecule has 0 aromatic heterocycles. The maximum Gasteiger partial charge on any atom is 0.406 e. The van der Waals surface area contributed by atoms with E-state index in [2.05, 4.69) is 0 Å². The molecule has 0 aliphatic carbocycles. The highest BCUT2D eigenvalue weighted by molar-refractivity contribution is 5.96. The Labute approximate surface area is 118 Å². The standard InChI is InChI=1S/C13H14F3NO4/c1-2-21-10-5-3-9(4-6-10)12(20)17(7-11(18)19)8-13(14,15)16/h3-6H,2,7-8H2,1H3,(H,18,19). The lowest BCUT2D eigenvalue weighted by molar-refractivity contribution is -0.149. The number of carboxylic acid groups (broad SMARTS) is 1. The van der Waals surface area contributed by atoms with Crippen molar-refractivity contribution in [3.05, 3.63) is 29.8 Å². The fourth-order valence-corrected chi connectivity index (χ4v) is 1.62. The number of hydrogen-bond donors (Lipinski definition) is 1. The van der Waals surface area contributed by atoms with Crippen molar-refractivity contribution in [3.8, 4) is 5.75 Å². The second kappa shape index (κ2) is 6.96. The van der Waals surface area contributed by atoms with Gasteiger partial charge in [0.2, 0.25) is 0 Å². The van der Waals surface area contributed by atoms with Gasteiger partial charge in [0, 0.05) is 5.56 Å². The molecule has 0 atom stereocenters. The molecule has 0 unspecified atom stereocenters. The van der Waals surface area contributed by atoms with E-state index in [9.17, 15) is 22.8 Å². The maximum atomic E-state index is 12.4. The third-order valence-corrected chi connectivity index (χ3v) is 2.40. The highest BCUT2D eigenvalue weighted by Gasteiger charge is 2.34. The van der Waals surface area contributed by atoms with Gasteiger partial charge in [0.1, 0.15) is 18.8 Å². The van der Waals surface area contributed by atoms with Crippen LogP contribution in [0.2, 0.25) is 0 Å². The first-order valence-corrected chi connectivity index (χ1v) is 6.03. The van der Waals surface area contributed by atoms with Gasteiger partial charge in [-0.25, -0.2) is 0 Å². The second-order valence-electron chi connectivity index (χ2n) is 4.13. The summed E-state index contributed by atoms with van der Waals surface area (Å²) in [6.07, 6.45) is -4.67. The highest BCUT2D eigenvalue weighted by atomic mass is 19.4. The third kappa shape index (κ3) is 5.72. The largest absolute Gasteiger partial charge is 0.494 e. The molecule has 0 aliphatic rings. The number of alkyl halides is 3. The minimum absolute atomic E-state index is 0.0380. The van der Waals surface area contributed by atoms with E-state index in [1.807, 2.05) is 0 Å². The van der Waals surface area contributed by atoms with Gasteiger partial charge in [0.15, 0.2) is 0 Å². The third-order valence-electron chi connectivity index (χ3n) is 2.40. The molecule has 0 saturated heterocycles. The lowest BCUT2D eigenvalue weighted by Crippen LogP contribution is -2.42. The first-order chi connectivity index (χ1) is 9.73. The van der Waals surface area contributed by atoms with E-state index in [1.165, 1.54) is 24.3 Å². The molecule has 8 heteroatoms. The van der Waals surface area contributed by atoms with Crippen LogP contribution in [0.1, 0.15) is 17.3 Å². The zero-order chi connectivity index (χ0) is 16.0. The Morgan fingerprint density at radius 2 is 1.81 bits per heavy atom. The van der Waals surface area contributed by atoms with Gasteiger partial charge in [-0.1, -0.05) is 0 Å². The van der Waals surface area contributed by atoms with Gasteiger partial charge in [-0.05, 0) is 31.2 Å². The summed E-state index contributed by atoms with van der Waals surface area (Å²) in [5.41, 5.74) is -0.0380. The molecule has 0 heterocycles. The molecule has 21 heavy (non-hydrogen) atoms. The number of nitrogens with zero attached hydrogens (tertiary/aromatic N) is 1. The molecule has 116 valence electrons. The van der Waals surface area contributed by atoms with Gasteiger partial charge in [-0.2, -0.15) is 13.2 Å². The van der Waals surface area contributed by atoms with Crippen molar-refractivity contribution in [2.24, 2.45) is 0 Å². The van der Waals surface area contributed by atoms with E-state index in [0.717, 1.165) is 0 Å². The van der Waals surface area contributed by atoms with E-state index in [-0.39, 0.29) is 10.5 Å². The first kappa shape index (κ1) is 16.8. The van der Waals surface area contributed by atoms with Crippen molar-refractivity contribution in [1.82, 2.24) is 4.90 Å². The van der Waals surface area contributed by atoms with E-state index < -0.39 is 31.1 Å². The number of benzene rings is 1. The summed E-state index contributed by atoms with van der Waals surface area (Å²) in [5, 5.41) is 8.61. The fourth-order valence-electron chi connectivity index (χ4n) is 1.62. The van der Waals surface area contributed by atoms with E-state index in [1.54, 1.807) is 6.92 Å². The second-order valence-corrected chi connectivity index (χ2v) is 4.13. The minimum Gasteiger partial charge on any atom is -0.494 e. The van der Waals surface area contributed by atoms with Crippen LogP contribution < -0.4 is 4.74 Å². The molecule has 0 bridgehead atoms. The Morgan fingerprint density at radius 3 is 2.24 bits per heavy atom. The molecule has 1 aromatic rings. The molecular formula is C13H14F3NO4. The molecular weight excluding hydrogens is 291 g/mol. The summed E-state index contributed by atoms with van der Waals surface area (Å²) in [7, 11) is 0. The number of hydrogen-bond acceptors (Lipinski definition) is 3. The SMILES string of the molecule is CCOc1ccc(C(=O)N(CC(=O)O)CC(F)(F)F)cc1. The minimum atomic E-state index is -4.67. The zero-order valence-electron chi connectivity index (χ0n) is 11.2. The summed E-state index contributed by atoms with van der Waals surface area (Å²) in [4.78, 5) is 22.8. The molecule has 0 radical (unpaired) electrons. The lowest BCUT2D eigenvalue weighted by atomic mass is 10.2. The van der Waals surface area contributed by atoms with Crippen LogP contribution in [-0.4, -0.2) is 47.8 Å². The van der Waals surface area contributed by atoms with Crippen LogP contribution in [0.25, 0.3) is 0 Å². The monoisotopic (exact) mass is 305 g/mol. The number of halogens is 3. The molecule has 1 rings (SSSR count). The number of carbonyl (C=O) groups is 2. The van der Waals surface area contributed by atoms with Crippen molar-refractivity contribution in [1.29, 1.82) is 0 Å². The smallest absolute Gasteiger partial charge is 0.406 e. The van der Waals surface area contributed by atoms with Crippen molar-refractivity contribution < 1.29 is 32.6 Å². The zero-order valence-corrected chi connectivity index (χ0v) is 11.2. The van der Waals surface area contributed by atoms with Crippen LogP contribution in [0, 0.1) is 0 Å². The van der Waals surface area contributed by atoms with Crippen LogP contribution in [0.5, 0.6) is 5.75 Å². The fraction of sp³-hybridized carbons (Fsp3) is 0.385. The van der Waals surface area contributed by atoms with Gasteiger partial charge < -0.3 is 14.7 Å². The maximum absolute atomic E-state index is 12.4. The van der Waals surface area contributed by atoms with Crippen molar-refractivity contribution in [2.75, 3.05) is 19.7 Å². The molecule has 0 saturated carbocycles. The number of rotatable bonds is 6. The van der Waals surface area contributed by atoms with Crippen LogP contribution >= 0.6 is 0 Å². The van der Waals surface area contributed by atoms with Crippen LogP contribution in [0.3, 0.4) is 0 Å². The predicted octanol–water partition coefficient (Wildman–Crippen LogP) is 2.17. The Bertz CT molecular complexity index is 499. The summed E-state index contributed by atoms with van der Waals surface area (Å²) in [5.74, 6) is -2.05. The number of amides is 1. The number of carbonyl (C=O) groups excluding carboxylic acids is 1. The van der Waals surface area contributed by atoms with Gasteiger partial charge in [-0.3, -0.25) is 9.59 Å². The first-order valence-electron chi connectivity index (χ1n) is 6.03. The van der Waals surface area contributed by atoms with Gasteiger partial charge in [0.05, 0.1) is 6.61 Å². The van der Waals surface area contributed by atoms with Crippen molar-refractivity contribution in [2.45, 2.75) is 13.1 Å². The molecule has 5 nitrogen and oxygen atoms in total. The molecule has 1 aromatic carbocycles. The predicted molar refractivity (Wildman–Crippen MR) is 67.2 cm³/mol. The summed E-state index contributed by atoms with van der Waals surface area (Å²) in [6, 6.07) is 5.45. The molecule has 0 aliphatic heterocycles. The number of aliphatic carboxylic acids is 1. The quantitative estimate of drug-likeness (QED) is 0.874. The van der Waals surface area contributed by atoms with Crippen LogP contribution in [-0.2, 0) is 4.79 Å². The lowest BCUT2D eigenvalue weighted by Gasteiger charge is -2.22. The average molecular weight is 305 g/mol. The van der Waals surface area contributed by atoms with E-state index >= 15 is 0 Å². The molecule has 1 amide bonds. The molecule has 0 fully saturated rings. The normalized spacial score (nSPS) is 11.0. The Balaban J connectivity index is 2.90. The number of carboxylic acids is 1. The van der Waals surface area contributed by atoms with Crippen LogP contribution in [0.15, 0.2) is 24.3 Å².